The summed E-state index contributed by atoms with van der Waals surface area (Å²) in [6.07, 6.45) is 4.82. The Morgan fingerprint density at radius 1 is 1.03 bits per heavy atom. The van der Waals surface area contributed by atoms with Crippen LogP contribution < -0.4 is 16.4 Å². The summed E-state index contributed by atoms with van der Waals surface area (Å²) in [4.78, 5) is 16.2. The van der Waals surface area contributed by atoms with Crippen LogP contribution in [0.4, 0.5) is 5.69 Å². The van der Waals surface area contributed by atoms with Crippen LogP contribution >= 0.6 is 0 Å². The molecule has 0 aliphatic heterocycles. The molecule has 2 aromatic carbocycles. The maximum absolute atomic E-state index is 11.9. The van der Waals surface area contributed by atoms with Gasteiger partial charge in [-0.1, -0.05) is 50.6 Å². The molecule has 1 heterocycles. The van der Waals surface area contributed by atoms with Crippen LogP contribution in [0.3, 0.4) is 0 Å². The highest BCUT2D eigenvalue weighted by molar-refractivity contribution is 5.95. The predicted octanol–water partition coefficient (Wildman–Crippen LogP) is 5.41. The third-order valence-electron chi connectivity index (χ3n) is 5.89. The van der Waals surface area contributed by atoms with Gasteiger partial charge in [-0.3, -0.25) is 15.2 Å². The molecule has 1 aromatic heterocycles. The molecule has 0 aliphatic rings. The van der Waals surface area contributed by atoms with Crippen molar-refractivity contribution in [1.29, 1.82) is 5.41 Å². The first kappa shape index (κ1) is 30.3. The Hall–Kier alpha value is -3.91. The van der Waals surface area contributed by atoms with Crippen LogP contribution in [-0.4, -0.2) is 28.4 Å². The number of aromatic nitrogens is 1. The van der Waals surface area contributed by atoms with Gasteiger partial charge in [-0.05, 0) is 61.7 Å². The number of rotatable bonds is 14. The zero-order valence-corrected chi connectivity index (χ0v) is 22.7. The Labute approximate surface area is 226 Å². The zero-order valence-electron chi connectivity index (χ0n) is 22.7. The number of nitrogens with two attached hydrogens (primary N) is 1. The van der Waals surface area contributed by atoms with E-state index >= 15 is 0 Å². The highest BCUT2D eigenvalue weighted by Gasteiger charge is 2.12. The summed E-state index contributed by atoms with van der Waals surface area (Å²) in [5, 5.41) is 24.8. The van der Waals surface area contributed by atoms with Crippen molar-refractivity contribution in [2.24, 2.45) is 5.73 Å². The number of ether oxygens (including phenoxy) is 1. The van der Waals surface area contributed by atoms with Gasteiger partial charge in [0.15, 0.2) is 0 Å². The lowest BCUT2D eigenvalue weighted by molar-refractivity contribution is -0.145. The average molecular weight is 520 g/mol. The summed E-state index contributed by atoms with van der Waals surface area (Å²) in [5.41, 5.74) is 10.4. The number of nitrogens with zero attached hydrogens (tertiary/aromatic N) is 1. The van der Waals surface area contributed by atoms with Gasteiger partial charge in [0, 0.05) is 42.5 Å². The van der Waals surface area contributed by atoms with E-state index in [9.17, 15) is 9.90 Å². The number of aromatic hydroxyl groups is 1. The lowest BCUT2D eigenvalue weighted by Crippen LogP contribution is -2.17. The molecule has 0 radical (unpaired) electrons. The quantitative estimate of drug-likeness (QED) is 0.0832. The monoisotopic (exact) mass is 519 g/mol. The maximum atomic E-state index is 11.9. The largest absolute Gasteiger partial charge is 0.506 e. The third kappa shape index (κ3) is 10.2. The Morgan fingerprint density at radius 2 is 1.74 bits per heavy atom. The molecule has 204 valence electrons. The van der Waals surface area contributed by atoms with Gasteiger partial charge in [0.05, 0.1) is 5.69 Å². The second kappa shape index (κ2) is 16.8. The van der Waals surface area contributed by atoms with E-state index in [1.807, 2.05) is 56.3 Å². The molecule has 3 rings (SSSR count). The summed E-state index contributed by atoms with van der Waals surface area (Å²) in [6, 6.07) is 17.0. The number of hydrogen-bond donors (Lipinski definition) is 5. The summed E-state index contributed by atoms with van der Waals surface area (Å²) < 4.78 is 5.31. The lowest BCUT2D eigenvalue weighted by Gasteiger charge is -2.15. The molecule has 8 heteroatoms. The minimum absolute atomic E-state index is 0.0329. The van der Waals surface area contributed by atoms with Gasteiger partial charge in [0.25, 0.3) is 0 Å². The number of unbranched alkanes of at least 4 members (excludes halogenated alkanes) is 2. The number of carbonyl (C=O) groups excluding carboxylic acids is 1. The van der Waals surface area contributed by atoms with Crippen LogP contribution in [0, 0.1) is 12.3 Å². The van der Waals surface area contributed by atoms with Crippen molar-refractivity contribution in [1.82, 2.24) is 10.3 Å². The van der Waals surface area contributed by atoms with Crippen LogP contribution in [0.1, 0.15) is 67.5 Å². The summed E-state index contributed by atoms with van der Waals surface area (Å²) >= 11 is 0. The second-order valence-corrected chi connectivity index (χ2v) is 8.67. The Kier molecular flexibility index (Phi) is 13.4. The van der Waals surface area contributed by atoms with Gasteiger partial charge in [0.2, 0.25) is 0 Å². The van der Waals surface area contributed by atoms with Crippen molar-refractivity contribution in [2.45, 2.75) is 66.2 Å². The van der Waals surface area contributed by atoms with E-state index in [1.54, 1.807) is 25.3 Å². The first-order valence-electron chi connectivity index (χ1n) is 13.2. The zero-order chi connectivity index (χ0) is 27.8. The molecule has 0 saturated heterocycles. The Bertz CT molecular complexity index is 1130. The van der Waals surface area contributed by atoms with Crippen molar-refractivity contribution < 1.29 is 14.6 Å². The Balaban J connectivity index is 0.00000247. The summed E-state index contributed by atoms with van der Waals surface area (Å²) in [7, 11) is 0. The van der Waals surface area contributed by atoms with E-state index < -0.39 is 0 Å². The van der Waals surface area contributed by atoms with Crippen LogP contribution in [0.2, 0.25) is 0 Å². The van der Waals surface area contributed by atoms with Gasteiger partial charge in [-0.25, -0.2) is 0 Å². The molecule has 0 bridgehead atoms. The van der Waals surface area contributed by atoms with Crippen molar-refractivity contribution in [3.63, 3.8) is 0 Å². The molecule has 0 atom stereocenters. The van der Waals surface area contributed by atoms with Crippen LogP contribution in [-0.2, 0) is 29.2 Å². The molecule has 0 saturated carbocycles. The first-order valence-corrected chi connectivity index (χ1v) is 13.2. The van der Waals surface area contributed by atoms with Crippen molar-refractivity contribution in [3.05, 3.63) is 88.7 Å². The molecule has 0 fully saturated rings. The van der Waals surface area contributed by atoms with Crippen molar-refractivity contribution in [2.75, 3.05) is 11.9 Å². The number of carbonyl (C=O) groups is 1. The minimum Gasteiger partial charge on any atom is -0.506 e. The first-order chi connectivity index (χ1) is 18.4. The maximum Gasteiger partial charge on any atom is 0.306 e. The Morgan fingerprint density at radius 3 is 2.42 bits per heavy atom. The van der Waals surface area contributed by atoms with E-state index in [0.29, 0.717) is 37.4 Å². The van der Waals surface area contributed by atoms with Gasteiger partial charge < -0.3 is 26.2 Å². The SMILES string of the molecule is CC.Cc1ncc(CNc2ccc(C(=N)N)cc2)c(CNCCCCCC(=O)OCc2ccccc2)c1O. The van der Waals surface area contributed by atoms with Gasteiger partial charge in [-0.2, -0.15) is 0 Å². The van der Waals surface area contributed by atoms with E-state index in [0.717, 1.165) is 48.2 Å². The molecule has 6 N–H and O–H groups in total. The summed E-state index contributed by atoms with van der Waals surface area (Å²) in [6.45, 7) is 7.90. The fraction of sp³-hybridized carbons (Fsp3) is 0.367. The third-order valence-corrected chi connectivity index (χ3v) is 5.89. The van der Waals surface area contributed by atoms with Crippen molar-refractivity contribution >= 4 is 17.5 Å². The van der Waals surface area contributed by atoms with Gasteiger partial charge in [-0.15, -0.1) is 0 Å². The lowest BCUT2D eigenvalue weighted by atomic mass is 10.1. The molecular weight excluding hydrogens is 478 g/mol. The topological polar surface area (TPSA) is 133 Å². The number of nitrogens with one attached hydrogen (secondary N) is 3. The molecular formula is C30H41N5O3. The van der Waals surface area contributed by atoms with Crippen LogP contribution in [0.25, 0.3) is 0 Å². The highest BCUT2D eigenvalue weighted by Crippen LogP contribution is 2.24. The van der Waals surface area contributed by atoms with E-state index in [2.05, 4.69) is 15.6 Å². The van der Waals surface area contributed by atoms with Gasteiger partial charge >= 0.3 is 5.97 Å². The molecule has 3 aromatic rings. The predicted molar refractivity (Wildman–Crippen MR) is 153 cm³/mol. The number of aryl methyl sites for hydroxylation is 1. The number of nitrogen functional groups attached to an aromatic ring is 1. The number of benzene rings is 2. The molecule has 8 nitrogen and oxygen atoms in total. The fourth-order valence-electron chi connectivity index (χ4n) is 3.72. The molecule has 38 heavy (non-hydrogen) atoms. The summed E-state index contributed by atoms with van der Waals surface area (Å²) in [5.74, 6) is 0.0671. The number of pyridine rings is 1. The van der Waals surface area contributed by atoms with Crippen LogP contribution in [0.5, 0.6) is 5.75 Å². The normalized spacial score (nSPS) is 10.3. The standard InChI is InChI=1S/C28H35N5O3.C2H6/c1-20-27(35)25(23(16-32-20)17-33-24-13-11-22(12-14-24)28(29)30)18-31-15-7-3-6-10-26(34)36-19-21-8-4-2-5-9-21;1-2/h2,4-5,8-9,11-14,16,31,33,35H,3,6-7,10,15,17-19H2,1H3,(H3,29,30);1-2H3. The smallest absolute Gasteiger partial charge is 0.306 e. The van der Waals surface area contributed by atoms with Crippen LogP contribution in [0.15, 0.2) is 60.8 Å². The number of esters is 1. The number of anilines is 1. The van der Waals surface area contributed by atoms with E-state index in [1.165, 1.54) is 0 Å². The van der Waals surface area contributed by atoms with Crippen molar-refractivity contribution in [3.8, 4) is 5.75 Å². The molecule has 0 amide bonds. The molecule has 0 aliphatic carbocycles. The van der Waals surface area contributed by atoms with E-state index in [-0.39, 0.29) is 17.6 Å². The number of amidine groups is 1. The number of hydrogen-bond acceptors (Lipinski definition) is 7. The minimum atomic E-state index is -0.169. The average Bonchev–Trinajstić information content (AvgIpc) is 2.94. The molecule has 0 unspecified atom stereocenters. The second-order valence-electron chi connectivity index (χ2n) is 8.67. The highest BCUT2D eigenvalue weighted by atomic mass is 16.5. The molecule has 0 spiro atoms. The fourth-order valence-corrected chi connectivity index (χ4v) is 3.72. The van der Waals surface area contributed by atoms with Gasteiger partial charge in [0.1, 0.15) is 18.2 Å². The van der Waals surface area contributed by atoms with E-state index in [4.69, 9.17) is 15.9 Å².